The molecule has 0 bridgehead atoms. The Morgan fingerprint density at radius 1 is 0.917 bits per heavy atom. The fraction of sp³-hybridized carbons (Fsp3) is 0.222. The molecule has 0 aliphatic carbocycles. The SMILES string of the molecule is CCCNC(=O)CC(=O)Cc1ccc(NC(=O)c2ccc3n[nH]nc3c2)cc1NCc1ccccc1. The van der Waals surface area contributed by atoms with Gasteiger partial charge in [0.15, 0.2) is 0 Å². The summed E-state index contributed by atoms with van der Waals surface area (Å²) in [6.07, 6.45) is 0.752. The maximum absolute atomic E-state index is 12.9. The van der Waals surface area contributed by atoms with Gasteiger partial charge in [-0.25, -0.2) is 0 Å². The van der Waals surface area contributed by atoms with E-state index >= 15 is 0 Å². The van der Waals surface area contributed by atoms with E-state index in [1.165, 1.54) is 0 Å². The van der Waals surface area contributed by atoms with Crippen LogP contribution in [0.3, 0.4) is 0 Å². The molecular formula is C27H28N6O3. The van der Waals surface area contributed by atoms with Crippen molar-refractivity contribution >= 4 is 40.0 Å². The maximum atomic E-state index is 12.9. The number of amides is 2. The molecule has 0 saturated heterocycles. The Kier molecular flexibility index (Phi) is 8.02. The average Bonchev–Trinajstić information content (AvgIpc) is 3.36. The first-order chi connectivity index (χ1) is 17.5. The van der Waals surface area contributed by atoms with E-state index in [2.05, 4.69) is 31.4 Å². The van der Waals surface area contributed by atoms with E-state index in [-0.39, 0.29) is 30.4 Å². The maximum Gasteiger partial charge on any atom is 0.255 e. The van der Waals surface area contributed by atoms with Crippen LogP contribution >= 0.6 is 0 Å². The summed E-state index contributed by atoms with van der Waals surface area (Å²) in [6, 6.07) is 20.3. The third kappa shape index (κ3) is 6.53. The summed E-state index contributed by atoms with van der Waals surface area (Å²) in [5.74, 6) is -0.733. The van der Waals surface area contributed by atoms with E-state index in [9.17, 15) is 14.4 Å². The molecule has 0 aliphatic rings. The smallest absolute Gasteiger partial charge is 0.255 e. The van der Waals surface area contributed by atoms with Crippen LogP contribution in [-0.4, -0.2) is 39.6 Å². The molecule has 3 aromatic carbocycles. The van der Waals surface area contributed by atoms with Gasteiger partial charge in [0, 0.05) is 36.4 Å². The van der Waals surface area contributed by atoms with Gasteiger partial charge in [0.2, 0.25) is 5.91 Å². The van der Waals surface area contributed by atoms with Gasteiger partial charge in [-0.3, -0.25) is 14.4 Å². The predicted molar refractivity (Wildman–Crippen MR) is 139 cm³/mol. The number of ketones is 1. The number of H-pyrrole nitrogens is 1. The van der Waals surface area contributed by atoms with E-state index in [0.717, 1.165) is 17.5 Å². The van der Waals surface area contributed by atoms with E-state index in [1.807, 2.05) is 37.3 Å². The number of nitrogens with one attached hydrogen (secondary N) is 4. The Balaban J connectivity index is 1.50. The van der Waals surface area contributed by atoms with Gasteiger partial charge in [-0.15, -0.1) is 0 Å². The van der Waals surface area contributed by atoms with Gasteiger partial charge in [0.25, 0.3) is 5.91 Å². The van der Waals surface area contributed by atoms with Crippen LogP contribution in [0.2, 0.25) is 0 Å². The largest absolute Gasteiger partial charge is 0.381 e. The fourth-order valence-electron chi connectivity index (χ4n) is 3.73. The lowest BCUT2D eigenvalue weighted by molar-refractivity contribution is -0.127. The van der Waals surface area contributed by atoms with Crippen molar-refractivity contribution in [3.8, 4) is 0 Å². The summed E-state index contributed by atoms with van der Waals surface area (Å²) in [7, 11) is 0. The number of rotatable bonds is 11. The first-order valence-electron chi connectivity index (χ1n) is 11.8. The van der Waals surface area contributed by atoms with Crippen LogP contribution in [0.15, 0.2) is 66.7 Å². The van der Waals surface area contributed by atoms with Crippen LogP contribution in [0.4, 0.5) is 11.4 Å². The van der Waals surface area contributed by atoms with Gasteiger partial charge >= 0.3 is 0 Å². The van der Waals surface area contributed by atoms with Crippen molar-refractivity contribution in [2.24, 2.45) is 0 Å². The van der Waals surface area contributed by atoms with Gasteiger partial charge in [-0.2, -0.15) is 15.4 Å². The lowest BCUT2D eigenvalue weighted by Gasteiger charge is -2.15. The number of hydrogen-bond acceptors (Lipinski definition) is 6. The van der Waals surface area contributed by atoms with Crippen LogP contribution in [-0.2, 0) is 22.6 Å². The molecule has 9 heteroatoms. The van der Waals surface area contributed by atoms with E-state index in [4.69, 9.17) is 0 Å². The summed E-state index contributed by atoms with van der Waals surface area (Å²) in [4.78, 5) is 37.4. The molecule has 0 aliphatic heterocycles. The van der Waals surface area contributed by atoms with Crippen molar-refractivity contribution in [1.29, 1.82) is 0 Å². The Bertz CT molecular complexity index is 1370. The number of hydrogen-bond donors (Lipinski definition) is 4. The standard InChI is InChI=1S/C27H28N6O3/c1-2-12-28-26(35)16-22(34)13-19-8-10-21(15-24(19)29-17-18-6-4-3-5-7-18)30-27(36)20-9-11-23-25(14-20)32-33-31-23/h3-11,14-15,29H,2,12-13,16-17H2,1H3,(H,28,35)(H,30,36)(H,31,32,33). The predicted octanol–water partition coefficient (Wildman–Crippen LogP) is 3.85. The second-order valence-corrected chi connectivity index (χ2v) is 8.43. The molecule has 9 nitrogen and oxygen atoms in total. The Hall–Kier alpha value is -4.53. The van der Waals surface area contributed by atoms with Crippen LogP contribution in [0.5, 0.6) is 0 Å². The van der Waals surface area contributed by atoms with E-state index in [0.29, 0.717) is 41.1 Å². The topological polar surface area (TPSA) is 129 Å². The van der Waals surface area contributed by atoms with Gasteiger partial charge in [-0.1, -0.05) is 43.3 Å². The lowest BCUT2D eigenvalue weighted by Crippen LogP contribution is -2.26. The average molecular weight is 485 g/mol. The van der Waals surface area contributed by atoms with E-state index in [1.54, 1.807) is 36.4 Å². The van der Waals surface area contributed by atoms with Crippen molar-refractivity contribution in [3.63, 3.8) is 0 Å². The summed E-state index contributed by atoms with van der Waals surface area (Å²) >= 11 is 0. The quantitative estimate of drug-likeness (QED) is 0.239. The molecule has 0 fully saturated rings. The van der Waals surface area contributed by atoms with E-state index < -0.39 is 0 Å². The molecule has 0 radical (unpaired) electrons. The second-order valence-electron chi connectivity index (χ2n) is 8.43. The number of fused-ring (bicyclic) bond motifs is 1. The van der Waals surface area contributed by atoms with Crippen LogP contribution in [0.1, 0.15) is 41.3 Å². The van der Waals surface area contributed by atoms with Crippen molar-refractivity contribution in [1.82, 2.24) is 20.7 Å². The minimum atomic E-state index is -0.287. The number of aromatic amines is 1. The molecule has 4 aromatic rings. The summed E-state index contributed by atoms with van der Waals surface area (Å²) in [5.41, 5.74) is 4.84. The highest BCUT2D eigenvalue weighted by atomic mass is 16.2. The Morgan fingerprint density at radius 3 is 2.53 bits per heavy atom. The highest BCUT2D eigenvalue weighted by Crippen LogP contribution is 2.24. The zero-order valence-corrected chi connectivity index (χ0v) is 20.0. The molecule has 1 aromatic heterocycles. The number of nitrogens with zero attached hydrogens (tertiary/aromatic N) is 2. The molecular weight excluding hydrogens is 456 g/mol. The number of Topliss-reactive ketones (excluding diaryl/α,β-unsaturated/α-hetero) is 1. The summed E-state index contributed by atoms with van der Waals surface area (Å²) in [6.45, 7) is 3.05. The Labute approximate surface area is 208 Å². The first kappa shape index (κ1) is 24.6. The molecule has 0 unspecified atom stereocenters. The zero-order valence-electron chi connectivity index (χ0n) is 20.0. The molecule has 36 heavy (non-hydrogen) atoms. The zero-order chi connectivity index (χ0) is 25.3. The third-order valence-corrected chi connectivity index (χ3v) is 5.59. The van der Waals surface area contributed by atoms with Crippen LogP contribution in [0, 0.1) is 0 Å². The van der Waals surface area contributed by atoms with Crippen LogP contribution < -0.4 is 16.0 Å². The third-order valence-electron chi connectivity index (χ3n) is 5.59. The summed E-state index contributed by atoms with van der Waals surface area (Å²) in [5, 5.41) is 19.6. The van der Waals surface area contributed by atoms with Crippen molar-refractivity contribution in [2.75, 3.05) is 17.2 Å². The van der Waals surface area contributed by atoms with Crippen molar-refractivity contribution in [2.45, 2.75) is 32.7 Å². The molecule has 4 rings (SSSR count). The fourth-order valence-corrected chi connectivity index (χ4v) is 3.73. The lowest BCUT2D eigenvalue weighted by atomic mass is 10.0. The molecule has 0 atom stereocenters. The number of benzene rings is 3. The summed E-state index contributed by atoms with van der Waals surface area (Å²) < 4.78 is 0. The minimum absolute atomic E-state index is 0.105. The van der Waals surface area contributed by atoms with Crippen molar-refractivity contribution < 1.29 is 14.4 Å². The second kappa shape index (κ2) is 11.7. The number of carbonyl (C=O) groups excluding carboxylic acids is 3. The highest BCUT2D eigenvalue weighted by Gasteiger charge is 2.15. The van der Waals surface area contributed by atoms with Gasteiger partial charge in [-0.05, 0) is 47.9 Å². The number of carbonyl (C=O) groups is 3. The highest BCUT2D eigenvalue weighted by molar-refractivity contribution is 6.06. The molecule has 0 saturated carbocycles. The molecule has 4 N–H and O–H groups in total. The molecule has 0 spiro atoms. The normalized spacial score (nSPS) is 10.7. The molecule has 184 valence electrons. The monoisotopic (exact) mass is 484 g/mol. The van der Waals surface area contributed by atoms with Crippen LogP contribution in [0.25, 0.3) is 11.0 Å². The van der Waals surface area contributed by atoms with Gasteiger partial charge in [0.1, 0.15) is 16.8 Å². The number of anilines is 2. The molecule has 2 amide bonds. The van der Waals surface area contributed by atoms with Crippen molar-refractivity contribution in [3.05, 3.63) is 83.4 Å². The minimum Gasteiger partial charge on any atom is -0.381 e. The van der Waals surface area contributed by atoms with Gasteiger partial charge < -0.3 is 16.0 Å². The number of aromatic nitrogens is 3. The Morgan fingerprint density at radius 2 is 1.72 bits per heavy atom. The van der Waals surface area contributed by atoms with Gasteiger partial charge in [0.05, 0.1) is 6.42 Å². The first-order valence-corrected chi connectivity index (χ1v) is 11.8. The molecule has 1 heterocycles.